The molecule has 1 nitrogen and oxygen atoms in total. The van der Waals surface area contributed by atoms with Crippen LogP contribution in [0.4, 0.5) is 0 Å². The van der Waals surface area contributed by atoms with Crippen LogP contribution in [0.1, 0.15) is 24.0 Å². The van der Waals surface area contributed by atoms with Crippen molar-refractivity contribution < 1.29 is 4.74 Å². The first-order valence-electron chi connectivity index (χ1n) is 6.37. The van der Waals surface area contributed by atoms with Crippen LogP contribution < -0.4 is 4.74 Å². The highest BCUT2D eigenvalue weighted by molar-refractivity contribution is 5.73. The van der Waals surface area contributed by atoms with Crippen molar-refractivity contribution in [1.82, 2.24) is 0 Å². The van der Waals surface area contributed by atoms with Crippen LogP contribution in [-0.4, -0.2) is 7.11 Å². The molecule has 0 aromatic heterocycles. The van der Waals surface area contributed by atoms with E-state index in [2.05, 4.69) is 37.1 Å². The van der Waals surface area contributed by atoms with E-state index in [0.717, 1.165) is 16.9 Å². The number of rotatable bonds is 3. The van der Waals surface area contributed by atoms with Crippen molar-refractivity contribution in [1.29, 1.82) is 0 Å². The van der Waals surface area contributed by atoms with E-state index in [1.165, 1.54) is 11.1 Å². The van der Waals surface area contributed by atoms with Crippen LogP contribution in [0, 0.1) is 19.3 Å². The van der Waals surface area contributed by atoms with E-state index in [0.29, 0.717) is 0 Å². The van der Waals surface area contributed by atoms with Gasteiger partial charge in [-0.15, -0.1) is 6.42 Å². The topological polar surface area (TPSA) is 9.23 Å². The Kier molecular flexibility index (Phi) is 3.92. The van der Waals surface area contributed by atoms with E-state index in [1.807, 2.05) is 25.1 Å². The van der Waals surface area contributed by atoms with Crippen molar-refractivity contribution in [2.45, 2.75) is 19.8 Å². The van der Waals surface area contributed by atoms with Crippen molar-refractivity contribution in [3.8, 4) is 29.2 Å². The minimum Gasteiger partial charge on any atom is -0.496 e. The number of hydrogen-bond donors (Lipinski definition) is 0. The van der Waals surface area contributed by atoms with Gasteiger partial charge in [0.15, 0.2) is 0 Å². The summed E-state index contributed by atoms with van der Waals surface area (Å²) in [7, 11) is 1.70. The van der Waals surface area contributed by atoms with Gasteiger partial charge in [0, 0.05) is 11.5 Å². The molecule has 0 amide bonds. The number of ether oxygens (including phenoxy) is 1. The second kappa shape index (κ2) is 5.63. The Hall–Kier alpha value is -2.20. The molecule has 2 aromatic carbocycles. The van der Waals surface area contributed by atoms with E-state index in [-0.39, 0.29) is 5.92 Å². The van der Waals surface area contributed by atoms with Crippen LogP contribution in [0.2, 0.25) is 0 Å². The molecular weight excluding hydrogens is 232 g/mol. The van der Waals surface area contributed by atoms with Crippen LogP contribution in [0.25, 0.3) is 11.1 Å². The minimum absolute atomic E-state index is 0.0971. The third-order valence-corrected chi connectivity index (χ3v) is 3.41. The zero-order valence-electron chi connectivity index (χ0n) is 11.6. The molecule has 0 aliphatic rings. The van der Waals surface area contributed by atoms with Gasteiger partial charge in [-0.25, -0.2) is 0 Å². The Labute approximate surface area is 115 Å². The first-order chi connectivity index (χ1) is 9.17. The van der Waals surface area contributed by atoms with Gasteiger partial charge in [-0.1, -0.05) is 42.3 Å². The van der Waals surface area contributed by atoms with Crippen LogP contribution in [0.5, 0.6) is 5.75 Å². The van der Waals surface area contributed by atoms with Gasteiger partial charge in [0.2, 0.25) is 0 Å². The lowest BCUT2D eigenvalue weighted by Gasteiger charge is -2.14. The summed E-state index contributed by atoms with van der Waals surface area (Å²) < 4.78 is 5.52. The average Bonchev–Trinajstić information content (AvgIpc) is 2.46. The Morgan fingerprint density at radius 3 is 2.47 bits per heavy atom. The molecule has 0 aliphatic carbocycles. The summed E-state index contributed by atoms with van der Waals surface area (Å²) in [6, 6.07) is 14.5. The van der Waals surface area contributed by atoms with E-state index in [1.54, 1.807) is 7.11 Å². The highest BCUT2D eigenvalue weighted by Gasteiger charge is 2.10. The summed E-state index contributed by atoms with van der Waals surface area (Å²) in [5.41, 5.74) is 4.64. The Morgan fingerprint density at radius 2 is 1.84 bits per heavy atom. The van der Waals surface area contributed by atoms with Crippen molar-refractivity contribution in [3.63, 3.8) is 0 Å². The normalized spacial score (nSPS) is 11.7. The van der Waals surface area contributed by atoms with E-state index < -0.39 is 0 Å². The van der Waals surface area contributed by atoms with Crippen LogP contribution >= 0.6 is 0 Å². The smallest absolute Gasteiger partial charge is 0.127 e. The van der Waals surface area contributed by atoms with E-state index >= 15 is 0 Å². The Morgan fingerprint density at radius 1 is 1.11 bits per heavy atom. The van der Waals surface area contributed by atoms with Crippen molar-refractivity contribution >= 4 is 0 Å². The molecule has 96 valence electrons. The van der Waals surface area contributed by atoms with Gasteiger partial charge in [0.05, 0.1) is 7.11 Å². The summed E-state index contributed by atoms with van der Waals surface area (Å²) >= 11 is 0. The van der Waals surface area contributed by atoms with Gasteiger partial charge in [-0.05, 0) is 36.6 Å². The lowest BCUT2D eigenvalue weighted by molar-refractivity contribution is 0.416. The number of benzene rings is 2. The number of terminal acetylenes is 1. The molecule has 19 heavy (non-hydrogen) atoms. The van der Waals surface area contributed by atoms with Crippen molar-refractivity contribution in [3.05, 3.63) is 53.6 Å². The predicted molar refractivity (Wildman–Crippen MR) is 80.4 cm³/mol. The van der Waals surface area contributed by atoms with Crippen molar-refractivity contribution in [2.75, 3.05) is 7.11 Å². The second-order valence-corrected chi connectivity index (χ2v) is 4.66. The predicted octanol–water partition coefficient (Wildman–Crippen LogP) is 4.41. The third-order valence-electron chi connectivity index (χ3n) is 3.41. The van der Waals surface area contributed by atoms with Gasteiger partial charge < -0.3 is 4.74 Å². The molecule has 2 rings (SSSR count). The van der Waals surface area contributed by atoms with E-state index in [4.69, 9.17) is 11.2 Å². The Bertz CT molecular complexity index is 620. The fraction of sp³-hybridized carbons (Fsp3) is 0.222. The first-order valence-corrected chi connectivity index (χ1v) is 6.37. The largest absolute Gasteiger partial charge is 0.496 e. The second-order valence-electron chi connectivity index (χ2n) is 4.66. The summed E-state index contributed by atoms with van der Waals surface area (Å²) in [5.74, 6) is 3.71. The van der Waals surface area contributed by atoms with Crippen LogP contribution in [-0.2, 0) is 0 Å². The molecule has 0 aliphatic heterocycles. The molecular formula is C18H18O. The first kappa shape index (κ1) is 13.2. The van der Waals surface area contributed by atoms with Crippen molar-refractivity contribution in [2.24, 2.45) is 0 Å². The monoisotopic (exact) mass is 250 g/mol. The minimum atomic E-state index is 0.0971. The highest BCUT2D eigenvalue weighted by atomic mass is 16.5. The molecule has 1 atom stereocenters. The molecule has 0 fully saturated rings. The molecule has 1 heteroatoms. The molecule has 1 unspecified atom stereocenters. The average molecular weight is 250 g/mol. The molecule has 0 bridgehead atoms. The van der Waals surface area contributed by atoms with Gasteiger partial charge in [0.25, 0.3) is 0 Å². The lowest BCUT2D eigenvalue weighted by atomic mass is 9.95. The van der Waals surface area contributed by atoms with Gasteiger partial charge in [-0.2, -0.15) is 0 Å². The zero-order chi connectivity index (χ0) is 13.8. The number of methoxy groups -OCH3 is 1. The zero-order valence-corrected chi connectivity index (χ0v) is 11.6. The summed E-state index contributed by atoms with van der Waals surface area (Å²) in [5, 5.41) is 0. The van der Waals surface area contributed by atoms with Gasteiger partial charge in [0.1, 0.15) is 5.75 Å². The molecule has 0 N–H and O–H groups in total. The summed E-state index contributed by atoms with van der Waals surface area (Å²) in [6.45, 7) is 4.12. The molecule has 0 spiro atoms. The fourth-order valence-corrected chi connectivity index (χ4v) is 2.17. The maximum Gasteiger partial charge on any atom is 0.127 e. The third kappa shape index (κ3) is 2.63. The van der Waals surface area contributed by atoms with Gasteiger partial charge in [-0.3, -0.25) is 0 Å². The highest BCUT2D eigenvalue weighted by Crippen LogP contribution is 2.34. The quantitative estimate of drug-likeness (QED) is 0.733. The maximum atomic E-state index is 5.52. The van der Waals surface area contributed by atoms with Crippen LogP contribution in [0.15, 0.2) is 42.5 Å². The number of aryl methyl sites for hydroxylation is 1. The van der Waals surface area contributed by atoms with Crippen LogP contribution in [0.3, 0.4) is 0 Å². The summed E-state index contributed by atoms with van der Waals surface area (Å²) in [6.07, 6.45) is 5.48. The summed E-state index contributed by atoms with van der Waals surface area (Å²) in [4.78, 5) is 0. The molecule has 0 heterocycles. The molecule has 0 radical (unpaired) electrons. The standard InChI is InChI=1S/C18H18O/c1-5-13(2)15-10-11-17(18(12-15)19-4)16-9-7-6-8-14(16)3/h1,6-13H,2-4H3. The molecule has 0 saturated carbocycles. The number of hydrogen-bond acceptors (Lipinski definition) is 1. The SMILES string of the molecule is C#CC(C)c1ccc(-c2ccccc2C)c(OC)c1. The molecule has 2 aromatic rings. The Balaban J connectivity index is 2.54. The lowest BCUT2D eigenvalue weighted by Crippen LogP contribution is -1.94. The maximum absolute atomic E-state index is 5.52. The fourth-order valence-electron chi connectivity index (χ4n) is 2.17. The molecule has 0 saturated heterocycles. The van der Waals surface area contributed by atoms with E-state index in [9.17, 15) is 0 Å². The van der Waals surface area contributed by atoms with Gasteiger partial charge >= 0.3 is 0 Å².